The highest BCUT2D eigenvalue weighted by Gasteiger charge is 2.03. The zero-order valence-electron chi connectivity index (χ0n) is 5.79. The van der Waals surface area contributed by atoms with E-state index in [2.05, 4.69) is 0 Å². The summed E-state index contributed by atoms with van der Waals surface area (Å²) in [5, 5.41) is 16.5. The molecule has 0 aromatic rings. The summed E-state index contributed by atoms with van der Waals surface area (Å²) in [7, 11) is 0. The van der Waals surface area contributed by atoms with Crippen molar-refractivity contribution in [2.24, 2.45) is 0 Å². The number of rotatable bonds is 3. The van der Waals surface area contributed by atoms with Gasteiger partial charge in [-0.1, -0.05) is 13.3 Å². The molecule has 0 amide bonds. The van der Waals surface area contributed by atoms with Crippen LogP contribution in [-0.4, -0.2) is 11.1 Å². The van der Waals surface area contributed by atoms with Gasteiger partial charge < -0.3 is 5.11 Å². The first-order valence-corrected chi connectivity index (χ1v) is 3.04. The molecule has 0 saturated carbocycles. The van der Waals surface area contributed by atoms with E-state index in [0.29, 0.717) is 6.42 Å². The van der Waals surface area contributed by atoms with Gasteiger partial charge in [0.1, 0.15) is 0 Å². The van der Waals surface area contributed by atoms with Crippen molar-refractivity contribution in [2.45, 2.75) is 19.8 Å². The number of carboxylic acids is 1. The van der Waals surface area contributed by atoms with Crippen LogP contribution in [0.4, 0.5) is 0 Å². The van der Waals surface area contributed by atoms with Gasteiger partial charge in [-0.15, -0.1) is 0 Å². The van der Waals surface area contributed by atoms with Crippen LogP contribution < -0.4 is 0 Å². The van der Waals surface area contributed by atoms with E-state index in [0.717, 1.165) is 12.5 Å². The standard InChI is InChI=1S/C7H9NO2/c1-2-3-6(4-5-8)7(9)10/h4H,2-3H2,1H3,(H,9,10)/b6-4+. The Morgan fingerprint density at radius 2 is 2.40 bits per heavy atom. The molecule has 0 aromatic heterocycles. The smallest absolute Gasteiger partial charge is 0.332 e. The first-order valence-electron chi connectivity index (χ1n) is 3.04. The zero-order valence-corrected chi connectivity index (χ0v) is 5.79. The molecule has 54 valence electrons. The van der Waals surface area contributed by atoms with E-state index in [9.17, 15) is 4.79 Å². The maximum atomic E-state index is 10.3. The number of allylic oxidation sites excluding steroid dienone is 1. The number of carbonyl (C=O) groups is 1. The molecule has 0 bridgehead atoms. The van der Waals surface area contributed by atoms with Crippen LogP contribution in [0, 0.1) is 11.3 Å². The van der Waals surface area contributed by atoms with Gasteiger partial charge >= 0.3 is 5.97 Å². The highest BCUT2D eigenvalue weighted by Crippen LogP contribution is 2.03. The third-order valence-corrected chi connectivity index (χ3v) is 1.03. The normalized spacial score (nSPS) is 10.6. The van der Waals surface area contributed by atoms with Gasteiger partial charge in [0.2, 0.25) is 0 Å². The number of hydrogen-bond acceptors (Lipinski definition) is 2. The van der Waals surface area contributed by atoms with Crippen molar-refractivity contribution in [3.05, 3.63) is 11.6 Å². The summed E-state index contributed by atoms with van der Waals surface area (Å²) in [6.45, 7) is 1.87. The summed E-state index contributed by atoms with van der Waals surface area (Å²) in [5.41, 5.74) is 0.185. The number of nitriles is 1. The van der Waals surface area contributed by atoms with E-state index in [-0.39, 0.29) is 5.57 Å². The monoisotopic (exact) mass is 139 g/mol. The zero-order chi connectivity index (χ0) is 7.98. The van der Waals surface area contributed by atoms with Gasteiger partial charge in [0.15, 0.2) is 0 Å². The lowest BCUT2D eigenvalue weighted by Crippen LogP contribution is -1.99. The third kappa shape index (κ3) is 2.88. The Balaban J connectivity index is 4.15. The summed E-state index contributed by atoms with van der Waals surface area (Å²) >= 11 is 0. The van der Waals surface area contributed by atoms with Crippen LogP contribution in [0.25, 0.3) is 0 Å². The molecule has 0 radical (unpaired) electrons. The van der Waals surface area contributed by atoms with Gasteiger partial charge in [-0.3, -0.25) is 0 Å². The molecule has 0 spiro atoms. The summed E-state index contributed by atoms with van der Waals surface area (Å²) in [6, 6.07) is 1.69. The Morgan fingerprint density at radius 3 is 2.70 bits per heavy atom. The highest BCUT2D eigenvalue weighted by molar-refractivity contribution is 5.87. The molecule has 0 aromatic carbocycles. The molecule has 10 heavy (non-hydrogen) atoms. The number of hydrogen-bond donors (Lipinski definition) is 1. The predicted molar refractivity (Wildman–Crippen MR) is 36.2 cm³/mol. The van der Waals surface area contributed by atoms with Gasteiger partial charge in [0.25, 0.3) is 0 Å². The Hall–Kier alpha value is -1.30. The average Bonchev–Trinajstić information content (AvgIpc) is 1.87. The van der Waals surface area contributed by atoms with Crippen LogP contribution in [0.5, 0.6) is 0 Å². The summed E-state index contributed by atoms with van der Waals surface area (Å²) in [6.07, 6.45) is 2.29. The van der Waals surface area contributed by atoms with Crippen molar-refractivity contribution in [2.75, 3.05) is 0 Å². The number of carboxylic acid groups (broad SMARTS) is 1. The quantitative estimate of drug-likeness (QED) is 0.473. The van der Waals surface area contributed by atoms with E-state index >= 15 is 0 Å². The SMILES string of the molecule is CCC/C(=C\C#N)C(=O)O. The summed E-state index contributed by atoms with van der Waals surface area (Å²) < 4.78 is 0. The van der Waals surface area contributed by atoms with E-state index < -0.39 is 5.97 Å². The van der Waals surface area contributed by atoms with Crippen LogP contribution in [0.1, 0.15) is 19.8 Å². The van der Waals surface area contributed by atoms with Gasteiger partial charge in [-0.25, -0.2) is 4.79 Å². The first kappa shape index (κ1) is 8.70. The average molecular weight is 139 g/mol. The molecule has 0 heterocycles. The molecule has 0 aliphatic rings. The minimum atomic E-state index is -0.997. The van der Waals surface area contributed by atoms with E-state index in [1.54, 1.807) is 6.07 Å². The van der Waals surface area contributed by atoms with Crippen molar-refractivity contribution in [1.82, 2.24) is 0 Å². The van der Waals surface area contributed by atoms with Gasteiger partial charge in [-0.2, -0.15) is 5.26 Å². The minimum Gasteiger partial charge on any atom is -0.478 e. The van der Waals surface area contributed by atoms with E-state index in [4.69, 9.17) is 10.4 Å². The Morgan fingerprint density at radius 1 is 1.80 bits per heavy atom. The lowest BCUT2D eigenvalue weighted by molar-refractivity contribution is -0.132. The molecule has 0 fully saturated rings. The van der Waals surface area contributed by atoms with E-state index in [1.807, 2.05) is 6.92 Å². The topological polar surface area (TPSA) is 61.1 Å². The van der Waals surface area contributed by atoms with Gasteiger partial charge in [0, 0.05) is 11.6 Å². The molecule has 0 rings (SSSR count). The highest BCUT2D eigenvalue weighted by atomic mass is 16.4. The van der Waals surface area contributed by atoms with Crippen molar-refractivity contribution < 1.29 is 9.90 Å². The molecule has 3 nitrogen and oxygen atoms in total. The molecule has 0 aliphatic heterocycles. The van der Waals surface area contributed by atoms with Crippen molar-refractivity contribution in [3.8, 4) is 6.07 Å². The number of aliphatic carboxylic acids is 1. The second kappa shape index (κ2) is 4.57. The molecular weight excluding hydrogens is 130 g/mol. The van der Waals surface area contributed by atoms with Crippen LogP contribution >= 0.6 is 0 Å². The van der Waals surface area contributed by atoms with Crippen LogP contribution in [0.2, 0.25) is 0 Å². The second-order valence-electron chi connectivity index (χ2n) is 1.85. The van der Waals surface area contributed by atoms with E-state index in [1.165, 1.54) is 0 Å². The Kier molecular flexibility index (Phi) is 3.97. The maximum absolute atomic E-state index is 10.3. The minimum absolute atomic E-state index is 0.185. The van der Waals surface area contributed by atoms with Crippen molar-refractivity contribution >= 4 is 5.97 Å². The van der Waals surface area contributed by atoms with Gasteiger partial charge in [-0.05, 0) is 6.42 Å². The third-order valence-electron chi connectivity index (χ3n) is 1.03. The summed E-state index contributed by atoms with van der Waals surface area (Å²) in [4.78, 5) is 10.3. The molecule has 0 atom stereocenters. The largest absolute Gasteiger partial charge is 0.478 e. The fourth-order valence-corrected chi connectivity index (χ4v) is 0.588. The lowest BCUT2D eigenvalue weighted by atomic mass is 10.1. The van der Waals surface area contributed by atoms with Crippen LogP contribution in [0.3, 0.4) is 0 Å². The molecule has 0 unspecified atom stereocenters. The van der Waals surface area contributed by atoms with Crippen molar-refractivity contribution in [3.63, 3.8) is 0 Å². The molecule has 0 saturated heterocycles. The first-order chi connectivity index (χ1) is 4.72. The Labute approximate surface area is 59.6 Å². The van der Waals surface area contributed by atoms with Crippen molar-refractivity contribution in [1.29, 1.82) is 5.26 Å². The number of nitrogens with zero attached hydrogens (tertiary/aromatic N) is 1. The van der Waals surface area contributed by atoms with Crippen LogP contribution in [-0.2, 0) is 4.79 Å². The lowest BCUT2D eigenvalue weighted by Gasteiger charge is -1.93. The summed E-state index contributed by atoms with van der Waals surface area (Å²) in [5.74, 6) is -0.997. The maximum Gasteiger partial charge on any atom is 0.332 e. The second-order valence-corrected chi connectivity index (χ2v) is 1.85. The Bertz CT molecular complexity index is 188. The molecule has 3 heteroatoms. The predicted octanol–water partition coefficient (Wildman–Crippen LogP) is 1.32. The fourth-order valence-electron chi connectivity index (χ4n) is 0.588. The fraction of sp³-hybridized carbons (Fsp3) is 0.429. The van der Waals surface area contributed by atoms with Gasteiger partial charge in [0.05, 0.1) is 6.07 Å². The molecular formula is C7H9NO2. The molecule has 1 N–H and O–H groups in total. The van der Waals surface area contributed by atoms with Crippen LogP contribution in [0.15, 0.2) is 11.6 Å². The molecule has 0 aliphatic carbocycles.